The molecule has 1 aliphatic carbocycles. The quantitative estimate of drug-likeness (QED) is 0.730. The van der Waals surface area contributed by atoms with E-state index >= 15 is 0 Å². The van der Waals surface area contributed by atoms with E-state index in [-0.39, 0.29) is 6.04 Å². The first kappa shape index (κ1) is 7.68. The Labute approximate surface area is 72.0 Å². The van der Waals surface area contributed by atoms with Crippen molar-refractivity contribution in [3.8, 4) is 0 Å². The summed E-state index contributed by atoms with van der Waals surface area (Å²) >= 11 is 0. The number of nitrogens with two attached hydrogens (primary N) is 1. The van der Waals surface area contributed by atoms with Crippen LogP contribution in [0, 0.1) is 5.92 Å². The lowest BCUT2D eigenvalue weighted by atomic mass is 10.1. The van der Waals surface area contributed by atoms with E-state index in [1.807, 2.05) is 0 Å². The van der Waals surface area contributed by atoms with Crippen LogP contribution >= 0.6 is 0 Å². The molecular formula is C9H13N3. The minimum atomic E-state index is 0.0891. The fraction of sp³-hybridized carbons (Fsp3) is 0.556. The van der Waals surface area contributed by atoms with Crippen molar-refractivity contribution < 1.29 is 0 Å². The Morgan fingerprint density at radius 1 is 1.50 bits per heavy atom. The topological polar surface area (TPSA) is 51.8 Å². The lowest BCUT2D eigenvalue weighted by Crippen LogP contribution is -2.12. The van der Waals surface area contributed by atoms with Crippen LogP contribution in [0.4, 0.5) is 0 Å². The van der Waals surface area contributed by atoms with Crippen LogP contribution in [0.25, 0.3) is 0 Å². The van der Waals surface area contributed by atoms with Crippen molar-refractivity contribution in [3.05, 3.63) is 24.3 Å². The third-order valence-electron chi connectivity index (χ3n) is 2.25. The third-order valence-corrected chi connectivity index (χ3v) is 2.25. The monoisotopic (exact) mass is 163 g/mol. The molecule has 1 atom stereocenters. The molecule has 1 fully saturated rings. The molecule has 12 heavy (non-hydrogen) atoms. The van der Waals surface area contributed by atoms with Gasteiger partial charge in [0.15, 0.2) is 0 Å². The Balaban J connectivity index is 1.98. The van der Waals surface area contributed by atoms with E-state index in [0.717, 1.165) is 18.0 Å². The normalized spacial score (nSPS) is 19.1. The van der Waals surface area contributed by atoms with Gasteiger partial charge >= 0.3 is 0 Å². The molecule has 1 saturated carbocycles. The molecule has 0 aliphatic heterocycles. The van der Waals surface area contributed by atoms with Gasteiger partial charge in [0.05, 0.1) is 5.69 Å². The molecule has 2 N–H and O–H groups in total. The van der Waals surface area contributed by atoms with E-state index in [9.17, 15) is 0 Å². The Kier molecular flexibility index (Phi) is 2.04. The highest BCUT2D eigenvalue weighted by Crippen LogP contribution is 2.36. The van der Waals surface area contributed by atoms with Crippen molar-refractivity contribution in [2.45, 2.75) is 25.3 Å². The Morgan fingerprint density at radius 3 is 2.92 bits per heavy atom. The molecule has 0 bridgehead atoms. The Bertz CT molecular complexity index is 243. The van der Waals surface area contributed by atoms with Gasteiger partial charge in [-0.2, -0.15) is 0 Å². The molecule has 1 aliphatic rings. The zero-order valence-corrected chi connectivity index (χ0v) is 6.98. The van der Waals surface area contributed by atoms with E-state index in [1.165, 1.54) is 12.8 Å². The van der Waals surface area contributed by atoms with Crippen molar-refractivity contribution in [1.82, 2.24) is 9.97 Å². The van der Waals surface area contributed by atoms with E-state index in [4.69, 9.17) is 5.73 Å². The number of aromatic nitrogens is 2. The predicted octanol–water partition coefficient (Wildman–Crippen LogP) is 1.28. The van der Waals surface area contributed by atoms with Crippen LogP contribution in [0.2, 0.25) is 0 Å². The summed E-state index contributed by atoms with van der Waals surface area (Å²) in [5.41, 5.74) is 6.85. The molecule has 0 unspecified atom stereocenters. The molecule has 64 valence electrons. The SMILES string of the molecule is N[C@H](CC1CC1)c1cnccn1. The first-order valence-electron chi connectivity index (χ1n) is 4.38. The van der Waals surface area contributed by atoms with Gasteiger partial charge < -0.3 is 5.73 Å². The molecule has 0 saturated heterocycles. The standard InChI is InChI=1S/C9H13N3/c10-8(5-7-1-2-7)9-6-11-3-4-12-9/h3-4,6-8H,1-2,5,10H2/t8-/m1/s1. The maximum Gasteiger partial charge on any atom is 0.0753 e. The summed E-state index contributed by atoms with van der Waals surface area (Å²) in [7, 11) is 0. The highest BCUT2D eigenvalue weighted by molar-refractivity contribution is 5.02. The van der Waals surface area contributed by atoms with Crippen LogP contribution in [0.3, 0.4) is 0 Å². The predicted molar refractivity (Wildman–Crippen MR) is 46.3 cm³/mol. The van der Waals surface area contributed by atoms with Gasteiger partial charge in [0.25, 0.3) is 0 Å². The van der Waals surface area contributed by atoms with Gasteiger partial charge in [-0.05, 0) is 12.3 Å². The van der Waals surface area contributed by atoms with Crippen LogP contribution < -0.4 is 5.73 Å². The van der Waals surface area contributed by atoms with E-state index in [1.54, 1.807) is 18.6 Å². The van der Waals surface area contributed by atoms with E-state index in [2.05, 4.69) is 9.97 Å². The number of rotatable bonds is 3. The summed E-state index contributed by atoms with van der Waals surface area (Å²) in [6.45, 7) is 0. The van der Waals surface area contributed by atoms with Gasteiger partial charge in [0.1, 0.15) is 0 Å². The van der Waals surface area contributed by atoms with Crippen molar-refractivity contribution in [2.75, 3.05) is 0 Å². The van der Waals surface area contributed by atoms with Crippen LogP contribution in [0.15, 0.2) is 18.6 Å². The minimum Gasteiger partial charge on any atom is -0.323 e. The first-order chi connectivity index (χ1) is 5.86. The second kappa shape index (κ2) is 3.19. The summed E-state index contributed by atoms with van der Waals surface area (Å²) in [4.78, 5) is 8.16. The average Bonchev–Trinajstić information content (AvgIpc) is 2.90. The van der Waals surface area contributed by atoms with Crippen molar-refractivity contribution >= 4 is 0 Å². The van der Waals surface area contributed by atoms with E-state index < -0.39 is 0 Å². The molecule has 3 heteroatoms. The molecular weight excluding hydrogens is 150 g/mol. The zero-order chi connectivity index (χ0) is 8.39. The smallest absolute Gasteiger partial charge is 0.0753 e. The summed E-state index contributed by atoms with van der Waals surface area (Å²) in [5, 5.41) is 0. The molecule has 3 nitrogen and oxygen atoms in total. The number of hydrogen-bond donors (Lipinski definition) is 1. The van der Waals surface area contributed by atoms with Gasteiger partial charge in [-0.1, -0.05) is 12.8 Å². The van der Waals surface area contributed by atoms with Gasteiger partial charge in [0, 0.05) is 24.6 Å². The minimum absolute atomic E-state index is 0.0891. The van der Waals surface area contributed by atoms with Gasteiger partial charge in [-0.3, -0.25) is 9.97 Å². The lowest BCUT2D eigenvalue weighted by molar-refractivity contribution is 0.581. The highest BCUT2D eigenvalue weighted by Gasteiger charge is 2.24. The largest absolute Gasteiger partial charge is 0.323 e. The second-order valence-corrected chi connectivity index (χ2v) is 3.42. The van der Waals surface area contributed by atoms with Crippen LogP contribution in [0.5, 0.6) is 0 Å². The third kappa shape index (κ3) is 1.80. The van der Waals surface area contributed by atoms with Crippen molar-refractivity contribution in [1.29, 1.82) is 0 Å². The maximum atomic E-state index is 5.93. The molecule has 0 amide bonds. The summed E-state index contributed by atoms with van der Waals surface area (Å²) in [6.07, 6.45) is 8.88. The molecule has 1 aromatic heterocycles. The zero-order valence-electron chi connectivity index (χ0n) is 6.98. The molecule has 0 radical (unpaired) electrons. The first-order valence-corrected chi connectivity index (χ1v) is 4.38. The van der Waals surface area contributed by atoms with Gasteiger partial charge in [-0.25, -0.2) is 0 Å². The fourth-order valence-corrected chi connectivity index (χ4v) is 1.34. The maximum absolute atomic E-state index is 5.93. The molecule has 1 heterocycles. The lowest BCUT2D eigenvalue weighted by Gasteiger charge is -2.08. The molecule has 2 rings (SSSR count). The van der Waals surface area contributed by atoms with Crippen molar-refractivity contribution in [2.24, 2.45) is 11.7 Å². The summed E-state index contributed by atoms with van der Waals surface area (Å²) in [5.74, 6) is 0.849. The summed E-state index contributed by atoms with van der Waals surface area (Å²) in [6, 6.07) is 0.0891. The Morgan fingerprint density at radius 2 is 2.33 bits per heavy atom. The van der Waals surface area contributed by atoms with Gasteiger partial charge in [0.2, 0.25) is 0 Å². The van der Waals surface area contributed by atoms with Gasteiger partial charge in [-0.15, -0.1) is 0 Å². The Hall–Kier alpha value is -0.960. The fourth-order valence-electron chi connectivity index (χ4n) is 1.34. The highest BCUT2D eigenvalue weighted by atomic mass is 14.8. The average molecular weight is 163 g/mol. The second-order valence-electron chi connectivity index (χ2n) is 3.42. The van der Waals surface area contributed by atoms with Crippen LogP contribution in [-0.4, -0.2) is 9.97 Å². The van der Waals surface area contributed by atoms with Crippen LogP contribution in [0.1, 0.15) is 31.0 Å². The molecule has 0 aromatic carbocycles. The summed E-state index contributed by atoms with van der Waals surface area (Å²) < 4.78 is 0. The van der Waals surface area contributed by atoms with Crippen molar-refractivity contribution in [3.63, 3.8) is 0 Å². The number of hydrogen-bond acceptors (Lipinski definition) is 3. The van der Waals surface area contributed by atoms with E-state index in [0.29, 0.717) is 0 Å². The molecule has 1 aromatic rings. The van der Waals surface area contributed by atoms with Crippen LogP contribution in [-0.2, 0) is 0 Å². The number of nitrogens with zero attached hydrogens (tertiary/aromatic N) is 2. The molecule has 0 spiro atoms.